The van der Waals surface area contributed by atoms with Gasteiger partial charge in [-0.15, -0.1) is 0 Å². The molecule has 152 valence electrons. The Labute approximate surface area is 165 Å². The number of pyridine rings is 1. The quantitative estimate of drug-likeness (QED) is 0.676. The van der Waals surface area contributed by atoms with Gasteiger partial charge >= 0.3 is 6.09 Å². The molecular formula is C22H37N3O2. The zero-order chi connectivity index (χ0) is 20.2. The maximum absolute atomic E-state index is 13.1. The first-order chi connectivity index (χ1) is 12.7. The lowest BCUT2D eigenvalue weighted by Gasteiger charge is -2.40. The van der Waals surface area contributed by atoms with Crippen molar-refractivity contribution in [1.29, 1.82) is 0 Å². The van der Waals surface area contributed by atoms with E-state index in [1.807, 2.05) is 26.8 Å². The third-order valence-corrected chi connectivity index (χ3v) is 5.23. The van der Waals surface area contributed by atoms with E-state index in [9.17, 15) is 4.79 Å². The number of hydrogen-bond acceptors (Lipinski definition) is 4. The summed E-state index contributed by atoms with van der Waals surface area (Å²) in [5, 5.41) is 0. The first kappa shape index (κ1) is 21.7. The molecule has 1 aliphatic rings. The highest BCUT2D eigenvalue weighted by molar-refractivity contribution is 5.88. The van der Waals surface area contributed by atoms with E-state index < -0.39 is 5.60 Å². The van der Waals surface area contributed by atoms with Crippen LogP contribution in [0.25, 0.3) is 0 Å². The maximum atomic E-state index is 13.1. The van der Waals surface area contributed by atoms with Gasteiger partial charge in [0.25, 0.3) is 0 Å². The zero-order valence-corrected chi connectivity index (χ0v) is 18.2. The number of anilines is 1. The minimum absolute atomic E-state index is 0.0181. The summed E-state index contributed by atoms with van der Waals surface area (Å²) in [6.07, 6.45) is 5.83. The molecule has 2 heterocycles. The molecule has 0 unspecified atom stereocenters. The van der Waals surface area contributed by atoms with Crippen LogP contribution in [-0.4, -0.2) is 40.2 Å². The van der Waals surface area contributed by atoms with Crippen LogP contribution in [0.2, 0.25) is 0 Å². The van der Waals surface area contributed by atoms with Crippen LogP contribution in [0.15, 0.2) is 18.3 Å². The van der Waals surface area contributed by atoms with Crippen LogP contribution < -0.4 is 4.90 Å². The number of aromatic nitrogens is 1. The van der Waals surface area contributed by atoms with Gasteiger partial charge in [-0.2, -0.15) is 0 Å². The highest BCUT2D eigenvalue weighted by atomic mass is 16.6. The lowest BCUT2D eigenvalue weighted by atomic mass is 9.93. The average Bonchev–Trinajstić information content (AvgIpc) is 2.60. The van der Waals surface area contributed by atoms with Gasteiger partial charge in [0.2, 0.25) is 0 Å². The smallest absolute Gasteiger partial charge is 0.416 e. The Kier molecular flexibility index (Phi) is 7.26. The summed E-state index contributed by atoms with van der Waals surface area (Å²) < 4.78 is 5.73. The molecule has 2 atom stereocenters. The summed E-state index contributed by atoms with van der Waals surface area (Å²) in [5.74, 6) is 0.749. The first-order valence-corrected chi connectivity index (χ1v) is 10.4. The van der Waals surface area contributed by atoms with E-state index in [1.54, 1.807) is 11.1 Å². The molecule has 1 aromatic rings. The maximum Gasteiger partial charge on any atom is 0.416 e. The number of nitrogens with zero attached hydrogens (tertiary/aromatic N) is 3. The molecule has 0 spiro atoms. The van der Waals surface area contributed by atoms with Crippen LogP contribution in [-0.2, 0) is 4.74 Å². The minimum atomic E-state index is -0.535. The summed E-state index contributed by atoms with van der Waals surface area (Å²) in [7, 11) is 0. The number of ether oxygens (including phenoxy) is 1. The van der Waals surface area contributed by atoms with Crippen molar-refractivity contribution in [3.05, 3.63) is 23.9 Å². The molecule has 1 fully saturated rings. The molecule has 0 radical (unpaired) electrons. The van der Waals surface area contributed by atoms with Crippen LogP contribution >= 0.6 is 0 Å². The van der Waals surface area contributed by atoms with Gasteiger partial charge in [-0.25, -0.2) is 9.78 Å². The fraction of sp³-hybridized carbons (Fsp3) is 0.727. The Hall–Kier alpha value is -1.62. The van der Waals surface area contributed by atoms with Crippen molar-refractivity contribution in [1.82, 2.24) is 9.88 Å². The molecule has 1 aliphatic heterocycles. The summed E-state index contributed by atoms with van der Waals surface area (Å²) in [6.45, 7) is 15.4. The van der Waals surface area contributed by atoms with Crippen molar-refractivity contribution >= 4 is 11.9 Å². The molecule has 2 rings (SSSR count). The SMILES string of the molecule is CC[C@H](C)N(C(=O)OC(C)(C)C)c1ncccc1[C@@H]1CCCCN1C(C)C. The van der Waals surface area contributed by atoms with Crippen molar-refractivity contribution in [2.45, 2.75) is 97.9 Å². The van der Waals surface area contributed by atoms with Gasteiger partial charge in [-0.1, -0.05) is 19.4 Å². The van der Waals surface area contributed by atoms with E-state index in [2.05, 4.69) is 43.6 Å². The molecule has 0 aromatic carbocycles. The van der Waals surface area contributed by atoms with Crippen LogP contribution in [0.5, 0.6) is 0 Å². The van der Waals surface area contributed by atoms with E-state index in [0.717, 1.165) is 30.8 Å². The van der Waals surface area contributed by atoms with E-state index in [4.69, 9.17) is 4.74 Å². The van der Waals surface area contributed by atoms with Crippen molar-refractivity contribution in [2.24, 2.45) is 0 Å². The van der Waals surface area contributed by atoms with Gasteiger partial charge in [-0.3, -0.25) is 9.80 Å². The third kappa shape index (κ3) is 5.44. The van der Waals surface area contributed by atoms with Gasteiger partial charge in [-0.05, 0) is 73.4 Å². The minimum Gasteiger partial charge on any atom is -0.443 e. The lowest BCUT2D eigenvalue weighted by Crippen LogP contribution is -2.44. The Morgan fingerprint density at radius 1 is 1.33 bits per heavy atom. The molecule has 0 N–H and O–H groups in total. The molecule has 1 amide bonds. The topological polar surface area (TPSA) is 45.7 Å². The Bertz CT molecular complexity index is 624. The van der Waals surface area contributed by atoms with Crippen molar-refractivity contribution < 1.29 is 9.53 Å². The molecule has 0 saturated carbocycles. The number of carbonyl (C=O) groups excluding carboxylic acids is 1. The number of amides is 1. The molecule has 0 bridgehead atoms. The third-order valence-electron chi connectivity index (χ3n) is 5.23. The standard InChI is InChI=1S/C22H37N3O2/c1-8-17(4)25(21(26)27-22(5,6)7)20-18(12-11-14-23-20)19-13-9-10-15-24(19)16(2)3/h11-12,14,16-17,19H,8-10,13,15H2,1-7H3/t17-,19-/m0/s1. The van der Waals surface area contributed by atoms with Crippen molar-refractivity contribution in [3.63, 3.8) is 0 Å². The first-order valence-electron chi connectivity index (χ1n) is 10.4. The summed E-state index contributed by atoms with van der Waals surface area (Å²) in [4.78, 5) is 22.0. The highest BCUT2D eigenvalue weighted by Crippen LogP contribution is 2.37. The lowest BCUT2D eigenvalue weighted by molar-refractivity contribution is 0.0564. The molecule has 5 nitrogen and oxygen atoms in total. The van der Waals surface area contributed by atoms with Crippen LogP contribution in [0.1, 0.15) is 85.8 Å². The van der Waals surface area contributed by atoms with Gasteiger partial charge in [0.15, 0.2) is 0 Å². The molecular weight excluding hydrogens is 338 g/mol. The molecule has 27 heavy (non-hydrogen) atoms. The van der Waals surface area contributed by atoms with Gasteiger partial charge in [0.1, 0.15) is 11.4 Å². The second kappa shape index (κ2) is 9.05. The monoisotopic (exact) mass is 375 g/mol. The fourth-order valence-corrected chi connectivity index (χ4v) is 3.75. The van der Waals surface area contributed by atoms with E-state index in [-0.39, 0.29) is 18.2 Å². The highest BCUT2D eigenvalue weighted by Gasteiger charge is 2.34. The molecule has 5 heteroatoms. The second-order valence-electron chi connectivity index (χ2n) is 8.87. The Morgan fingerprint density at radius 3 is 2.63 bits per heavy atom. The summed E-state index contributed by atoms with van der Waals surface area (Å²) in [6, 6.07) is 4.88. The number of carbonyl (C=O) groups is 1. The summed E-state index contributed by atoms with van der Waals surface area (Å²) in [5.41, 5.74) is 0.601. The van der Waals surface area contributed by atoms with Gasteiger partial charge < -0.3 is 4.74 Å². The number of piperidine rings is 1. The number of rotatable bonds is 5. The Balaban J connectivity index is 2.46. The van der Waals surface area contributed by atoms with Crippen molar-refractivity contribution in [2.75, 3.05) is 11.4 Å². The average molecular weight is 376 g/mol. The molecule has 1 saturated heterocycles. The van der Waals surface area contributed by atoms with E-state index in [0.29, 0.717) is 6.04 Å². The van der Waals surface area contributed by atoms with Crippen LogP contribution in [0.4, 0.5) is 10.6 Å². The second-order valence-corrected chi connectivity index (χ2v) is 8.87. The number of hydrogen-bond donors (Lipinski definition) is 0. The Morgan fingerprint density at radius 2 is 2.04 bits per heavy atom. The fourth-order valence-electron chi connectivity index (χ4n) is 3.75. The van der Waals surface area contributed by atoms with Crippen molar-refractivity contribution in [3.8, 4) is 0 Å². The van der Waals surface area contributed by atoms with Crippen LogP contribution in [0, 0.1) is 0 Å². The zero-order valence-electron chi connectivity index (χ0n) is 18.2. The predicted molar refractivity (Wildman–Crippen MR) is 111 cm³/mol. The normalized spacial score (nSPS) is 19.8. The van der Waals surface area contributed by atoms with E-state index >= 15 is 0 Å². The molecule has 0 aliphatic carbocycles. The summed E-state index contributed by atoms with van der Waals surface area (Å²) >= 11 is 0. The van der Waals surface area contributed by atoms with Gasteiger partial charge in [0, 0.05) is 29.9 Å². The van der Waals surface area contributed by atoms with Crippen LogP contribution in [0.3, 0.4) is 0 Å². The van der Waals surface area contributed by atoms with E-state index in [1.165, 1.54) is 12.8 Å². The molecule has 1 aromatic heterocycles. The largest absolute Gasteiger partial charge is 0.443 e. The van der Waals surface area contributed by atoms with Gasteiger partial charge in [0.05, 0.1) is 0 Å². The predicted octanol–water partition coefficient (Wildman–Crippen LogP) is 5.56. The number of likely N-dealkylation sites (tertiary alicyclic amines) is 1.